The van der Waals surface area contributed by atoms with Crippen LogP contribution >= 0.6 is 0 Å². The molecule has 0 saturated carbocycles. The van der Waals surface area contributed by atoms with E-state index >= 15 is 0 Å². The van der Waals surface area contributed by atoms with Gasteiger partial charge in [-0.2, -0.15) is 10.2 Å². The van der Waals surface area contributed by atoms with E-state index in [1.54, 1.807) is 0 Å². The summed E-state index contributed by atoms with van der Waals surface area (Å²) in [5.74, 6) is 1.17. The molecule has 0 radical (unpaired) electrons. The highest BCUT2D eigenvalue weighted by Crippen LogP contribution is 2.37. The highest BCUT2D eigenvalue weighted by atomic mass is 15.1. The molecule has 11 rings (SSSR count). The number of aromatic amines is 4. The molecule has 0 bridgehead atoms. The van der Waals surface area contributed by atoms with Gasteiger partial charge in [0.15, 0.2) is 0 Å². The lowest BCUT2D eigenvalue weighted by Gasteiger charge is -2.12. The molecule has 0 fully saturated rings. The lowest BCUT2D eigenvalue weighted by molar-refractivity contribution is 0.645. The predicted octanol–water partition coefficient (Wildman–Crippen LogP) is 14.4. The van der Waals surface area contributed by atoms with Crippen molar-refractivity contribution in [1.82, 2.24) is 50.3 Å². The largest absolute Gasteiger partial charge is 0.358 e. The van der Waals surface area contributed by atoms with Gasteiger partial charge in [0.05, 0.1) is 45.7 Å². The van der Waals surface area contributed by atoms with Crippen molar-refractivity contribution in [3.63, 3.8) is 0 Å². The molecule has 11 nitrogen and oxygen atoms in total. The number of nitrogens with zero attached hydrogens (tertiary/aromatic N) is 6. The van der Waals surface area contributed by atoms with Crippen molar-refractivity contribution < 1.29 is 0 Å². The number of anilines is 1. The van der Waals surface area contributed by atoms with E-state index in [0.29, 0.717) is 11.8 Å². The molecule has 8 heterocycles. The number of benzene rings is 2. The Morgan fingerprint density at radius 1 is 0.676 bits per heavy atom. The third-order valence-corrected chi connectivity index (χ3v) is 12.4. The molecule has 11 heteroatoms. The molecule has 10 aromatic rings. The fourth-order valence-corrected chi connectivity index (χ4v) is 9.02. The summed E-state index contributed by atoms with van der Waals surface area (Å²) in [5.41, 5.74) is 19.8. The molecular formula is C57H55N11. The summed E-state index contributed by atoms with van der Waals surface area (Å²) < 4.78 is 0. The maximum atomic E-state index is 4.68. The summed E-state index contributed by atoms with van der Waals surface area (Å²) >= 11 is 0. The third-order valence-electron chi connectivity index (χ3n) is 12.4. The molecule has 0 atom stereocenters. The van der Waals surface area contributed by atoms with Crippen molar-refractivity contribution in [2.24, 2.45) is 11.8 Å². The first-order valence-electron chi connectivity index (χ1n) is 23.3. The number of hydrogen-bond acceptors (Lipinski definition) is 7. The van der Waals surface area contributed by atoms with Crippen molar-refractivity contribution in [2.45, 2.75) is 60.8 Å². The maximum absolute atomic E-state index is 4.68. The van der Waals surface area contributed by atoms with Gasteiger partial charge in [0, 0.05) is 80.4 Å². The van der Waals surface area contributed by atoms with Crippen LogP contribution in [0.15, 0.2) is 147 Å². The molecule has 8 aromatic heterocycles. The molecule has 1 aliphatic carbocycles. The topological polar surface area (TPSA) is 153 Å². The number of H-pyrrole nitrogens is 4. The van der Waals surface area contributed by atoms with Gasteiger partial charge in [-0.25, -0.2) is 0 Å². The van der Waals surface area contributed by atoms with Gasteiger partial charge < -0.3 is 15.3 Å². The van der Waals surface area contributed by atoms with Crippen LogP contribution in [0.5, 0.6) is 0 Å². The first-order chi connectivity index (χ1) is 33.1. The van der Waals surface area contributed by atoms with E-state index in [2.05, 4.69) is 183 Å². The van der Waals surface area contributed by atoms with E-state index in [9.17, 15) is 0 Å². The van der Waals surface area contributed by atoms with Crippen molar-refractivity contribution in [3.8, 4) is 45.0 Å². The zero-order chi connectivity index (χ0) is 46.9. The minimum atomic E-state index is 0.547. The first-order valence-corrected chi connectivity index (χ1v) is 23.3. The van der Waals surface area contributed by atoms with Crippen LogP contribution in [0.25, 0.3) is 99.8 Å². The average Bonchev–Trinajstić information content (AvgIpc) is 4.20. The van der Waals surface area contributed by atoms with Crippen molar-refractivity contribution in [2.75, 3.05) is 5.32 Å². The predicted molar refractivity (Wildman–Crippen MR) is 281 cm³/mol. The summed E-state index contributed by atoms with van der Waals surface area (Å²) in [6, 6.07) is 25.2. The van der Waals surface area contributed by atoms with Crippen LogP contribution in [0.1, 0.15) is 70.8 Å². The highest BCUT2D eigenvalue weighted by Gasteiger charge is 2.18. The van der Waals surface area contributed by atoms with E-state index < -0.39 is 0 Å². The molecule has 2 aromatic carbocycles. The van der Waals surface area contributed by atoms with E-state index in [1.807, 2.05) is 55.4 Å². The maximum Gasteiger partial charge on any atom is 0.116 e. The second-order valence-electron chi connectivity index (χ2n) is 18.6. The molecule has 338 valence electrons. The van der Waals surface area contributed by atoms with Gasteiger partial charge in [-0.15, -0.1) is 0 Å². The Balaban J connectivity index is 0.000000160. The molecule has 0 saturated heterocycles. The number of hydrogen-bond donors (Lipinski definition) is 5. The van der Waals surface area contributed by atoms with Gasteiger partial charge in [0.2, 0.25) is 0 Å². The molecule has 0 unspecified atom stereocenters. The fourth-order valence-electron chi connectivity index (χ4n) is 9.02. The molecule has 1 aliphatic rings. The quantitative estimate of drug-likeness (QED) is 0.0818. The Hall–Kier alpha value is -8.18. The second kappa shape index (κ2) is 18.6. The third kappa shape index (κ3) is 8.90. The second-order valence-corrected chi connectivity index (χ2v) is 18.6. The fraction of sp³-hybridized carbons (Fsp3) is 0.193. The number of rotatable bonds is 12. The first kappa shape index (κ1) is 43.7. The van der Waals surface area contributed by atoms with Crippen molar-refractivity contribution >= 4 is 60.4 Å². The van der Waals surface area contributed by atoms with Crippen LogP contribution in [0.4, 0.5) is 5.69 Å². The standard InChI is InChI=1S/C30H28N6.C27H27N5/c1-18(2)12-19(3)33-23-13-22(16-31-17-23)21-8-9-27-24(14-21)30(36-35-27)28-15-25-26(34-28)10-11-32-29(25)20-6-4-5-7-20;1-16(2)5-6-18(4)26-21-14-25(30-23(21)10-12-29-26)27-20-13-19(7-8-24(20)31-32-27)22-15-28-11-9-17(22)3/h4,6-11,13-18,33-34H,3,5,12H2,1-2H3,(H,35,36);6-16,30H,5H2,1-4H3,(H,31,32)/b;18-6+. The van der Waals surface area contributed by atoms with Crippen molar-refractivity contribution in [1.29, 1.82) is 0 Å². The molecule has 0 spiro atoms. The normalized spacial score (nSPS) is 12.8. The molecule has 0 amide bonds. The van der Waals surface area contributed by atoms with E-state index in [1.165, 1.54) is 11.1 Å². The lowest BCUT2D eigenvalue weighted by atomic mass is 10.0. The number of aromatic nitrogens is 10. The summed E-state index contributed by atoms with van der Waals surface area (Å²) in [7, 11) is 0. The molecule has 5 N–H and O–H groups in total. The van der Waals surface area contributed by atoms with Gasteiger partial charge in [0.25, 0.3) is 0 Å². The monoisotopic (exact) mass is 893 g/mol. The van der Waals surface area contributed by atoms with Gasteiger partial charge in [-0.3, -0.25) is 30.1 Å². The minimum absolute atomic E-state index is 0.547. The minimum Gasteiger partial charge on any atom is -0.358 e. The number of allylic oxidation sites excluding steroid dienone is 7. The molecule has 0 aliphatic heterocycles. The van der Waals surface area contributed by atoms with Crippen LogP contribution in [-0.2, 0) is 0 Å². The Morgan fingerprint density at radius 2 is 1.35 bits per heavy atom. The molecular weight excluding hydrogens is 839 g/mol. The summed E-state index contributed by atoms with van der Waals surface area (Å²) in [4.78, 5) is 25.2. The van der Waals surface area contributed by atoms with Crippen LogP contribution in [0.2, 0.25) is 0 Å². The summed E-state index contributed by atoms with van der Waals surface area (Å²) in [5, 5.41) is 23.4. The van der Waals surface area contributed by atoms with Crippen LogP contribution in [0.3, 0.4) is 0 Å². The Kier molecular flexibility index (Phi) is 12.0. The number of nitrogens with one attached hydrogen (secondary N) is 5. The molecule has 68 heavy (non-hydrogen) atoms. The number of aryl methyl sites for hydroxylation is 1. The van der Waals surface area contributed by atoms with E-state index in [0.717, 1.165) is 136 Å². The number of pyridine rings is 4. The zero-order valence-electron chi connectivity index (χ0n) is 39.4. The van der Waals surface area contributed by atoms with E-state index in [4.69, 9.17) is 0 Å². The van der Waals surface area contributed by atoms with Crippen LogP contribution in [-0.4, -0.2) is 50.3 Å². The van der Waals surface area contributed by atoms with Gasteiger partial charge in [-0.05, 0) is 133 Å². The SMILES string of the molecule is C/C(=C\CC(C)C)c1nccc2[nH]c(-c3n[nH]c4ccc(-c5cnccc5C)cc34)cc12.C=C(CC(C)C)Nc1cncc(-c2ccc3[nH]nc(-c4cc5c(C6=CCC=C6)nccc5[nH]4)c3c2)c1. The Labute approximate surface area is 395 Å². The highest BCUT2D eigenvalue weighted by molar-refractivity contribution is 6.02. The van der Waals surface area contributed by atoms with Gasteiger partial charge in [0.1, 0.15) is 11.4 Å². The van der Waals surface area contributed by atoms with Crippen LogP contribution < -0.4 is 5.32 Å². The van der Waals surface area contributed by atoms with E-state index in [-0.39, 0.29) is 0 Å². The lowest BCUT2D eigenvalue weighted by Crippen LogP contribution is -2.02. The zero-order valence-corrected chi connectivity index (χ0v) is 39.4. The Bertz CT molecular complexity index is 3590. The summed E-state index contributed by atoms with van der Waals surface area (Å²) in [6.45, 7) is 17.2. The number of fused-ring (bicyclic) bond motifs is 4. The average molecular weight is 894 g/mol. The van der Waals surface area contributed by atoms with Gasteiger partial charge in [-0.1, -0.05) is 70.7 Å². The van der Waals surface area contributed by atoms with Crippen LogP contribution in [0, 0.1) is 18.8 Å². The smallest absolute Gasteiger partial charge is 0.116 e. The summed E-state index contributed by atoms with van der Waals surface area (Å²) in [6.07, 6.45) is 22.9. The Morgan fingerprint density at radius 3 is 2.04 bits per heavy atom. The van der Waals surface area contributed by atoms with Gasteiger partial charge >= 0.3 is 0 Å². The van der Waals surface area contributed by atoms with Crippen molar-refractivity contribution in [3.05, 3.63) is 164 Å².